The molecule has 3 aromatic heterocycles. The number of nitrogens with zero attached hydrogens (tertiary/aromatic N) is 3. The van der Waals surface area contributed by atoms with Gasteiger partial charge in [0.05, 0.1) is 11.2 Å². The molecule has 0 bridgehead atoms. The minimum Gasteiger partial charge on any atom is -0.388 e. The van der Waals surface area contributed by atoms with Crippen LogP contribution in [-0.4, -0.2) is 21.0 Å². The number of hydrogen-bond donors (Lipinski definition) is 2. The summed E-state index contributed by atoms with van der Waals surface area (Å²) in [5, 5.41) is 6.77. The van der Waals surface area contributed by atoms with Crippen molar-refractivity contribution in [1.29, 1.82) is 0 Å². The third-order valence-corrected chi connectivity index (χ3v) is 3.87. The van der Waals surface area contributed by atoms with Gasteiger partial charge in [-0.25, -0.2) is 24.1 Å². The third kappa shape index (κ3) is 4.48. The van der Waals surface area contributed by atoms with Crippen molar-refractivity contribution in [2.75, 3.05) is 10.6 Å². The molecule has 3 aromatic rings. The van der Waals surface area contributed by atoms with Gasteiger partial charge in [0.15, 0.2) is 5.00 Å². The Bertz CT molecular complexity index is 898. The van der Waals surface area contributed by atoms with Gasteiger partial charge in [0, 0.05) is 6.20 Å². The van der Waals surface area contributed by atoms with Crippen LogP contribution in [0.4, 0.5) is 25.8 Å². The summed E-state index contributed by atoms with van der Waals surface area (Å²) in [5.41, 5.74) is 1.04. The summed E-state index contributed by atoms with van der Waals surface area (Å²) in [6.45, 7) is 3.75. The second-order valence-corrected chi connectivity index (χ2v) is 6.29. The van der Waals surface area contributed by atoms with Gasteiger partial charge < -0.3 is 10.1 Å². The molecule has 2 N–H and O–H groups in total. The molecule has 1 amide bonds. The zero-order chi connectivity index (χ0) is 17.8. The van der Waals surface area contributed by atoms with Crippen molar-refractivity contribution in [2.24, 2.45) is 0 Å². The van der Waals surface area contributed by atoms with E-state index in [2.05, 4.69) is 25.6 Å². The van der Waals surface area contributed by atoms with E-state index in [1.54, 1.807) is 13.1 Å². The van der Waals surface area contributed by atoms with E-state index in [0.717, 1.165) is 16.8 Å². The molecule has 3 rings (SSSR count). The van der Waals surface area contributed by atoms with Crippen molar-refractivity contribution in [2.45, 2.75) is 13.8 Å². The van der Waals surface area contributed by atoms with Gasteiger partial charge in [-0.05, 0) is 43.7 Å². The Morgan fingerprint density at radius 3 is 2.76 bits per heavy atom. The van der Waals surface area contributed by atoms with Gasteiger partial charge in [0.1, 0.15) is 17.5 Å². The van der Waals surface area contributed by atoms with Gasteiger partial charge >= 0.3 is 6.09 Å². The number of nitrogens with one attached hydrogen (secondary N) is 2. The molecular weight excluding hydrogens is 345 g/mol. The second kappa shape index (κ2) is 7.22. The number of hydrogen-bond acceptors (Lipinski definition) is 7. The number of amides is 1. The van der Waals surface area contributed by atoms with E-state index < -0.39 is 11.9 Å². The molecule has 0 atom stereocenters. The van der Waals surface area contributed by atoms with Gasteiger partial charge in [-0.3, -0.25) is 5.32 Å². The lowest BCUT2D eigenvalue weighted by Gasteiger charge is -2.07. The molecule has 9 heteroatoms. The van der Waals surface area contributed by atoms with Gasteiger partial charge in [-0.15, -0.1) is 0 Å². The Kier molecular flexibility index (Phi) is 4.85. The average molecular weight is 359 g/mol. The zero-order valence-corrected chi connectivity index (χ0v) is 14.2. The maximum Gasteiger partial charge on any atom is 0.419 e. The van der Waals surface area contributed by atoms with Gasteiger partial charge in [0.25, 0.3) is 5.88 Å². The molecule has 0 spiro atoms. The highest BCUT2D eigenvalue weighted by atomic mass is 32.1. The van der Waals surface area contributed by atoms with Crippen LogP contribution < -0.4 is 15.4 Å². The molecule has 0 radical (unpaired) electrons. The van der Waals surface area contributed by atoms with Crippen LogP contribution in [0, 0.1) is 19.7 Å². The molecule has 7 nitrogen and oxygen atoms in total. The highest BCUT2D eigenvalue weighted by Crippen LogP contribution is 2.33. The fourth-order valence-electron chi connectivity index (χ4n) is 1.94. The molecule has 128 valence electrons. The summed E-state index contributed by atoms with van der Waals surface area (Å²) >= 11 is 1.33. The summed E-state index contributed by atoms with van der Waals surface area (Å²) in [5.74, 6) is 0.430. The number of anilines is 3. The molecule has 0 fully saturated rings. The van der Waals surface area contributed by atoms with Crippen molar-refractivity contribution >= 4 is 34.1 Å². The smallest absolute Gasteiger partial charge is 0.388 e. The molecule has 0 aliphatic rings. The van der Waals surface area contributed by atoms with E-state index in [0.29, 0.717) is 10.8 Å². The Hall–Kier alpha value is -3.07. The summed E-state index contributed by atoms with van der Waals surface area (Å²) in [6.07, 6.45) is 1.91. The lowest BCUT2D eigenvalue weighted by molar-refractivity contribution is 0.213. The largest absolute Gasteiger partial charge is 0.419 e. The van der Waals surface area contributed by atoms with Crippen LogP contribution in [0.5, 0.6) is 5.88 Å². The molecule has 0 unspecified atom stereocenters. The number of pyridine rings is 2. The fourth-order valence-corrected chi connectivity index (χ4v) is 2.70. The van der Waals surface area contributed by atoms with E-state index in [1.165, 1.54) is 23.5 Å². The maximum absolute atomic E-state index is 12.8. The Morgan fingerprint density at radius 1 is 1.20 bits per heavy atom. The Balaban J connectivity index is 1.72. The lowest BCUT2D eigenvalue weighted by Crippen LogP contribution is -2.18. The Labute approximate surface area is 146 Å². The summed E-state index contributed by atoms with van der Waals surface area (Å²) in [6, 6.07) is 6.26. The quantitative estimate of drug-likeness (QED) is 0.731. The maximum atomic E-state index is 12.8. The summed E-state index contributed by atoms with van der Waals surface area (Å²) in [7, 11) is 0. The predicted molar refractivity (Wildman–Crippen MR) is 92.9 cm³/mol. The SMILES string of the molecule is Cc1ccnc(Nc2sc(C)nc2OC(=O)Nc2ccc(F)cn2)c1. The number of aromatic nitrogens is 3. The summed E-state index contributed by atoms with van der Waals surface area (Å²) < 4.78 is 18.1. The first-order chi connectivity index (χ1) is 12.0. The van der Waals surface area contributed by atoms with Crippen LogP contribution in [0.25, 0.3) is 0 Å². The highest BCUT2D eigenvalue weighted by Gasteiger charge is 2.16. The molecule has 0 saturated heterocycles. The molecule has 0 saturated carbocycles. The lowest BCUT2D eigenvalue weighted by atomic mass is 10.3. The van der Waals surface area contributed by atoms with E-state index in [-0.39, 0.29) is 11.7 Å². The number of thiazole rings is 1. The summed E-state index contributed by atoms with van der Waals surface area (Å²) in [4.78, 5) is 24.1. The first kappa shape index (κ1) is 16.8. The number of aryl methyl sites for hydroxylation is 2. The average Bonchev–Trinajstić information content (AvgIpc) is 2.89. The second-order valence-electron chi connectivity index (χ2n) is 5.09. The molecule has 0 aliphatic heterocycles. The Morgan fingerprint density at radius 2 is 2.04 bits per heavy atom. The van der Waals surface area contributed by atoms with Crippen molar-refractivity contribution in [1.82, 2.24) is 15.0 Å². The molecule has 0 aliphatic carbocycles. The molecule has 25 heavy (non-hydrogen) atoms. The van der Waals surface area contributed by atoms with Crippen molar-refractivity contribution in [3.63, 3.8) is 0 Å². The van der Waals surface area contributed by atoms with Crippen LogP contribution in [-0.2, 0) is 0 Å². The monoisotopic (exact) mass is 359 g/mol. The van der Waals surface area contributed by atoms with Crippen LogP contribution in [0.15, 0.2) is 36.7 Å². The molecular formula is C16H14FN5O2S. The normalized spacial score (nSPS) is 10.4. The van der Waals surface area contributed by atoms with Gasteiger partial charge in [0.2, 0.25) is 0 Å². The number of carbonyl (C=O) groups excluding carboxylic acids is 1. The third-order valence-electron chi connectivity index (χ3n) is 3.01. The predicted octanol–water partition coefficient (Wildman–Crippen LogP) is 4.04. The fraction of sp³-hybridized carbons (Fsp3) is 0.125. The standard InChI is InChI=1S/C16H14FN5O2S/c1-9-5-6-18-13(7-9)21-15-14(20-10(2)25-15)24-16(23)22-12-4-3-11(17)8-19-12/h3-8H,1-2H3,(H,18,21)(H,19,22,23). The number of carbonyl (C=O) groups is 1. The minimum atomic E-state index is -0.773. The van der Waals surface area contributed by atoms with E-state index in [9.17, 15) is 9.18 Å². The highest BCUT2D eigenvalue weighted by molar-refractivity contribution is 7.16. The van der Waals surface area contributed by atoms with Gasteiger partial charge in [-0.2, -0.15) is 0 Å². The van der Waals surface area contributed by atoms with Crippen molar-refractivity contribution < 1.29 is 13.9 Å². The van der Waals surface area contributed by atoms with Crippen LogP contribution in [0.1, 0.15) is 10.6 Å². The minimum absolute atomic E-state index is 0.130. The topological polar surface area (TPSA) is 89.0 Å². The van der Waals surface area contributed by atoms with E-state index >= 15 is 0 Å². The van der Waals surface area contributed by atoms with Gasteiger partial charge in [-0.1, -0.05) is 11.3 Å². The number of halogens is 1. The van der Waals surface area contributed by atoms with E-state index in [4.69, 9.17) is 4.74 Å². The van der Waals surface area contributed by atoms with Crippen LogP contribution in [0.3, 0.4) is 0 Å². The number of rotatable bonds is 4. The number of ether oxygens (including phenoxy) is 1. The van der Waals surface area contributed by atoms with Crippen molar-refractivity contribution in [3.8, 4) is 5.88 Å². The van der Waals surface area contributed by atoms with Crippen LogP contribution >= 0.6 is 11.3 Å². The first-order valence-corrected chi connectivity index (χ1v) is 8.09. The van der Waals surface area contributed by atoms with E-state index in [1.807, 2.05) is 19.1 Å². The molecule has 0 aromatic carbocycles. The van der Waals surface area contributed by atoms with Crippen LogP contribution in [0.2, 0.25) is 0 Å². The first-order valence-electron chi connectivity index (χ1n) is 7.27. The van der Waals surface area contributed by atoms with Crippen molar-refractivity contribution in [3.05, 3.63) is 53.0 Å². The molecule has 3 heterocycles. The zero-order valence-electron chi connectivity index (χ0n) is 13.4.